The van der Waals surface area contributed by atoms with E-state index in [1.165, 1.54) is 0 Å². The molecule has 0 aliphatic carbocycles. The standard InChI is InChI=1S/C22H18N4O/c27-22(21-24-16-26(25-21)19-12-5-2-6-13-19)23-15-18-11-7-8-14-20(18)17-9-3-1-4-10-17/h1-14,16H,15H2,(H,23,27). The van der Waals surface area contributed by atoms with Crippen LogP contribution in [0.3, 0.4) is 0 Å². The number of nitrogens with one attached hydrogen (secondary N) is 1. The Kier molecular flexibility index (Phi) is 4.74. The summed E-state index contributed by atoms with van der Waals surface area (Å²) in [6.45, 7) is 0.407. The molecule has 0 aliphatic heterocycles. The molecule has 0 unspecified atom stereocenters. The predicted molar refractivity (Wildman–Crippen MR) is 104 cm³/mol. The lowest BCUT2D eigenvalue weighted by atomic mass is 10.00. The summed E-state index contributed by atoms with van der Waals surface area (Å²) in [5, 5.41) is 7.18. The first-order chi connectivity index (χ1) is 13.3. The molecule has 5 heteroatoms. The minimum absolute atomic E-state index is 0.149. The molecular formula is C22H18N4O. The maximum absolute atomic E-state index is 12.5. The topological polar surface area (TPSA) is 59.8 Å². The highest BCUT2D eigenvalue weighted by Crippen LogP contribution is 2.23. The molecule has 132 valence electrons. The summed E-state index contributed by atoms with van der Waals surface area (Å²) in [5.74, 6) is -0.149. The van der Waals surface area contributed by atoms with Gasteiger partial charge in [-0.15, -0.1) is 5.10 Å². The van der Waals surface area contributed by atoms with Crippen LogP contribution in [0, 0.1) is 0 Å². The summed E-state index contributed by atoms with van der Waals surface area (Å²) in [4.78, 5) is 16.6. The Morgan fingerprint density at radius 1 is 0.852 bits per heavy atom. The third kappa shape index (κ3) is 3.77. The molecule has 1 heterocycles. The molecule has 0 saturated carbocycles. The van der Waals surface area contributed by atoms with Crippen molar-refractivity contribution in [3.63, 3.8) is 0 Å². The first kappa shape index (κ1) is 16.7. The second kappa shape index (κ2) is 7.66. The van der Waals surface area contributed by atoms with Crippen LogP contribution in [-0.4, -0.2) is 20.7 Å². The van der Waals surface area contributed by atoms with E-state index in [0.717, 1.165) is 22.4 Å². The number of para-hydroxylation sites is 1. The Labute approximate surface area is 157 Å². The first-order valence-corrected chi connectivity index (χ1v) is 8.70. The molecule has 3 aromatic carbocycles. The molecule has 27 heavy (non-hydrogen) atoms. The van der Waals surface area contributed by atoms with Gasteiger partial charge in [0.05, 0.1) is 5.69 Å². The van der Waals surface area contributed by atoms with Crippen molar-refractivity contribution in [2.24, 2.45) is 0 Å². The van der Waals surface area contributed by atoms with Crippen molar-refractivity contribution in [3.8, 4) is 16.8 Å². The fourth-order valence-electron chi connectivity index (χ4n) is 2.90. The monoisotopic (exact) mass is 354 g/mol. The number of aromatic nitrogens is 3. The van der Waals surface area contributed by atoms with Crippen molar-refractivity contribution in [2.45, 2.75) is 6.54 Å². The molecule has 0 bridgehead atoms. The molecule has 5 nitrogen and oxygen atoms in total. The lowest BCUT2D eigenvalue weighted by Crippen LogP contribution is -2.24. The summed E-state index contributed by atoms with van der Waals surface area (Å²) in [6, 6.07) is 27.7. The van der Waals surface area contributed by atoms with E-state index in [0.29, 0.717) is 6.54 Å². The van der Waals surface area contributed by atoms with Gasteiger partial charge in [-0.3, -0.25) is 4.79 Å². The minimum atomic E-state index is -0.299. The lowest BCUT2D eigenvalue weighted by Gasteiger charge is -2.10. The molecule has 0 atom stereocenters. The van der Waals surface area contributed by atoms with Crippen LogP contribution in [0.1, 0.15) is 16.2 Å². The van der Waals surface area contributed by atoms with Gasteiger partial charge >= 0.3 is 0 Å². The van der Waals surface area contributed by atoms with Gasteiger partial charge in [-0.25, -0.2) is 9.67 Å². The average molecular weight is 354 g/mol. The van der Waals surface area contributed by atoms with E-state index >= 15 is 0 Å². The van der Waals surface area contributed by atoms with Crippen LogP contribution in [0.2, 0.25) is 0 Å². The van der Waals surface area contributed by atoms with Gasteiger partial charge in [0.1, 0.15) is 6.33 Å². The molecule has 0 saturated heterocycles. The zero-order valence-electron chi connectivity index (χ0n) is 14.6. The number of hydrogen-bond donors (Lipinski definition) is 1. The number of nitrogens with zero attached hydrogens (tertiary/aromatic N) is 3. The van der Waals surface area contributed by atoms with Crippen LogP contribution in [0.25, 0.3) is 16.8 Å². The van der Waals surface area contributed by atoms with Crippen LogP contribution in [0.15, 0.2) is 91.3 Å². The molecule has 1 N–H and O–H groups in total. The minimum Gasteiger partial charge on any atom is -0.345 e. The van der Waals surface area contributed by atoms with Crippen molar-refractivity contribution in [2.75, 3.05) is 0 Å². The number of benzene rings is 3. The van der Waals surface area contributed by atoms with Gasteiger partial charge < -0.3 is 5.32 Å². The summed E-state index contributed by atoms with van der Waals surface area (Å²) >= 11 is 0. The van der Waals surface area contributed by atoms with Gasteiger partial charge in [0.25, 0.3) is 5.91 Å². The second-order valence-electron chi connectivity index (χ2n) is 6.05. The average Bonchev–Trinajstić information content (AvgIpc) is 3.24. The zero-order chi connectivity index (χ0) is 18.5. The zero-order valence-corrected chi connectivity index (χ0v) is 14.6. The molecule has 1 amide bonds. The van der Waals surface area contributed by atoms with E-state index in [-0.39, 0.29) is 11.7 Å². The Morgan fingerprint density at radius 2 is 1.52 bits per heavy atom. The molecular weight excluding hydrogens is 336 g/mol. The Bertz CT molecular complexity index is 1040. The number of carbonyl (C=O) groups excluding carboxylic acids is 1. The molecule has 0 radical (unpaired) electrons. The summed E-state index contributed by atoms with van der Waals surface area (Å²) < 4.78 is 1.59. The van der Waals surface area contributed by atoms with Crippen LogP contribution < -0.4 is 5.32 Å². The Hall–Kier alpha value is -3.73. The molecule has 0 aliphatic rings. The van der Waals surface area contributed by atoms with Crippen molar-refractivity contribution in [1.29, 1.82) is 0 Å². The molecule has 4 aromatic rings. The summed E-state index contributed by atoms with van der Waals surface area (Å²) in [6.07, 6.45) is 1.54. The van der Waals surface area contributed by atoms with E-state index in [4.69, 9.17) is 0 Å². The normalized spacial score (nSPS) is 10.5. The van der Waals surface area contributed by atoms with Crippen molar-refractivity contribution in [1.82, 2.24) is 20.1 Å². The summed E-state index contributed by atoms with van der Waals surface area (Å²) in [5.41, 5.74) is 4.12. The van der Waals surface area contributed by atoms with Gasteiger partial charge in [0.2, 0.25) is 5.82 Å². The third-order valence-electron chi connectivity index (χ3n) is 4.26. The summed E-state index contributed by atoms with van der Waals surface area (Å²) in [7, 11) is 0. The maximum Gasteiger partial charge on any atom is 0.291 e. The van der Waals surface area contributed by atoms with E-state index in [9.17, 15) is 4.79 Å². The highest BCUT2D eigenvalue weighted by molar-refractivity contribution is 5.90. The lowest BCUT2D eigenvalue weighted by molar-refractivity contribution is 0.0940. The molecule has 0 spiro atoms. The fourth-order valence-corrected chi connectivity index (χ4v) is 2.90. The SMILES string of the molecule is O=C(NCc1ccccc1-c1ccccc1)c1ncn(-c2ccccc2)n1. The number of amides is 1. The number of hydrogen-bond acceptors (Lipinski definition) is 3. The smallest absolute Gasteiger partial charge is 0.291 e. The fraction of sp³-hybridized carbons (Fsp3) is 0.0455. The van der Waals surface area contributed by atoms with Crippen LogP contribution in [-0.2, 0) is 6.54 Å². The van der Waals surface area contributed by atoms with Gasteiger partial charge in [-0.05, 0) is 28.8 Å². The third-order valence-corrected chi connectivity index (χ3v) is 4.26. The van der Waals surface area contributed by atoms with Crippen LogP contribution in [0.5, 0.6) is 0 Å². The number of rotatable bonds is 5. The van der Waals surface area contributed by atoms with Crippen LogP contribution >= 0.6 is 0 Å². The Balaban J connectivity index is 1.49. The first-order valence-electron chi connectivity index (χ1n) is 8.70. The molecule has 4 rings (SSSR count). The quantitative estimate of drug-likeness (QED) is 0.592. The van der Waals surface area contributed by atoms with Crippen LogP contribution in [0.4, 0.5) is 0 Å². The highest BCUT2D eigenvalue weighted by Gasteiger charge is 2.13. The van der Waals surface area contributed by atoms with Gasteiger partial charge in [-0.1, -0.05) is 72.8 Å². The molecule has 1 aromatic heterocycles. The molecule has 0 fully saturated rings. The number of carbonyl (C=O) groups is 1. The predicted octanol–water partition coefficient (Wildman–Crippen LogP) is 3.86. The Morgan fingerprint density at radius 3 is 2.30 bits per heavy atom. The highest BCUT2D eigenvalue weighted by atomic mass is 16.2. The van der Waals surface area contributed by atoms with E-state index < -0.39 is 0 Å². The van der Waals surface area contributed by atoms with Gasteiger partial charge in [0, 0.05) is 6.54 Å². The maximum atomic E-state index is 12.5. The van der Waals surface area contributed by atoms with E-state index in [1.54, 1.807) is 11.0 Å². The van der Waals surface area contributed by atoms with E-state index in [1.807, 2.05) is 66.7 Å². The van der Waals surface area contributed by atoms with Gasteiger partial charge in [-0.2, -0.15) is 0 Å². The van der Waals surface area contributed by atoms with Crippen molar-refractivity contribution < 1.29 is 4.79 Å². The second-order valence-corrected chi connectivity index (χ2v) is 6.05. The van der Waals surface area contributed by atoms with E-state index in [2.05, 4.69) is 33.6 Å². The largest absolute Gasteiger partial charge is 0.345 e. The van der Waals surface area contributed by atoms with Gasteiger partial charge in [0.15, 0.2) is 0 Å². The van der Waals surface area contributed by atoms with Crippen molar-refractivity contribution in [3.05, 3.63) is 103 Å². The van der Waals surface area contributed by atoms with Crippen molar-refractivity contribution >= 4 is 5.91 Å².